The number of nitrogens with one attached hydrogen (secondary N) is 1. The smallest absolute Gasteiger partial charge is 0.258 e. The van der Waals surface area contributed by atoms with Gasteiger partial charge in [-0.3, -0.25) is 9.69 Å². The Morgan fingerprint density at radius 2 is 1.95 bits per heavy atom. The van der Waals surface area contributed by atoms with Gasteiger partial charge in [-0.05, 0) is 30.3 Å². The van der Waals surface area contributed by atoms with Gasteiger partial charge in [0.15, 0.2) is 0 Å². The maximum atomic E-state index is 12.0. The first-order valence-electron chi connectivity index (χ1n) is 6.09. The van der Waals surface area contributed by atoms with Crippen molar-refractivity contribution in [3.8, 4) is 0 Å². The Balaban J connectivity index is 1.78. The molecule has 1 aromatic heterocycles. The van der Waals surface area contributed by atoms with Crippen LogP contribution in [-0.2, 0) is 13.1 Å². The molecule has 0 saturated heterocycles. The van der Waals surface area contributed by atoms with Gasteiger partial charge in [0.05, 0.1) is 5.56 Å². The molecule has 96 valence electrons. The molecule has 3 rings (SSSR count). The molecule has 5 nitrogen and oxygen atoms in total. The minimum Gasteiger partial charge on any atom is -0.322 e. The van der Waals surface area contributed by atoms with Crippen molar-refractivity contribution in [1.29, 1.82) is 0 Å². The lowest BCUT2D eigenvalue weighted by molar-refractivity contribution is 0.102. The number of rotatable bonds is 2. The topological polar surface area (TPSA) is 58.1 Å². The van der Waals surface area contributed by atoms with Gasteiger partial charge in [-0.15, -0.1) is 0 Å². The fourth-order valence-corrected chi connectivity index (χ4v) is 2.26. The van der Waals surface area contributed by atoms with Crippen LogP contribution in [0.5, 0.6) is 0 Å². The molecule has 5 heteroatoms. The number of carbonyl (C=O) groups excluding carboxylic acids is 1. The average Bonchev–Trinajstić information content (AvgIpc) is 2.79. The molecule has 1 amide bonds. The molecule has 1 aliphatic rings. The standard InChI is InChI=1S/C14H14N4O/c1-18-7-10-2-3-13(4-11(10)8-18)17-14(19)12-5-15-9-16-6-12/h2-6,9H,7-8H2,1H3,(H,17,19). The van der Waals surface area contributed by atoms with E-state index in [1.54, 1.807) is 0 Å². The van der Waals surface area contributed by atoms with Crippen LogP contribution in [0.3, 0.4) is 0 Å². The monoisotopic (exact) mass is 254 g/mol. The van der Waals surface area contributed by atoms with Gasteiger partial charge in [-0.1, -0.05) is 6.07 Å². The number of nitrogens with zero attached hydrogens (tertiary/aromatic N) is 3. The summed E-state index contributed by atoms with van der Waals surface area (Å²) in [6.07, 6.45) is 4.41. The number of carbonyl (C=O) groups is 1. The molecule has 19 heavy (non-hydrogen) atoms. The molecular formula is C14H14N4O. The summed E-state index contributed by atoms with van der Waals surface area (Å²) in [7, 11) is 2.08. The van der Waals surface area contributed by atoms with Crippen molar-refractivity contribution in [1.82, 2.24) is 14.9 Å². The van der Waals surface area contributed by atoms with Crippen molar-refractivity contribution < 1.29 is 4.79 Å². The average molecular weight is 254 g/mol. The lowest BCUT2D eigenvalue weighted by atomic mass is 10.1. The molecule has 2 heterocycles. The summed E-state index contributed by atoms with van der Waals surface area (Å²) < 4.78 is 0. The first kappa shape index (κ1) is 11.8. The first-order chi connectivity index (χ1) is 9.22. The predicted molar refractivity (Wildman–Crippen MR) is 71.6 cm³/mol. The van der Waals surface area contributed by atoms with E-state index in [9.17, 15) is 4.79 Å². The predicted octanol–water partition coefficient (Wildman–Crippen LogP) is 1.67. The summed E-state index contributed by atoms with van der Waals surface area (Å²) in [5.41, 5.74) is 3.86. The van der Waals surface area contributed by atoms with E-state index in [4.69, 9.17) is 0 Å². The van der Waals surface area contributed by atoms with E-state index in [0.29, 0.717) is 5.56 Å². The van der Waals surface area contributed by atoms with E-state index in [-0.39, 0.29) is 5.91 Å². The number of fused-ring (bicyclic) bond motifs is 1. The van der Waals surface area contributed by atoms with Gasteiger partial charge in [0.2, 0.25) is 0 Å². The van der Waals surface area contributed by atoms with E-state index in [1.165, 1.54) is 29.8 Å². The van der Waals surface area contributed by atoms with Crippen molar-refractivity contribution in [2.45, 2.75) is 13.1 Å². The largest absolute Gasteiger partial charge is 0.322 e. The van der Waals surface area contributed by atoms with Crippen LogP contribution in [-0.4, -0.2) is 27.8 Å². The van der Waals surface area contributed by atoms with Gasteiger partial charge >= 0.3 is 0 Å². The van der Waals surface area contributed by atoms with Crippen LogP contribution >= 0.6 is 0 Å². The fraction of sp³-hybridized carbons (Fsp3) is 0.214. The van der Waals surface area contributed by atoms with Gasteiger partial charge in [-0.2, -0.15) is 0 Å². The fourth-order valence-electron chi connectivity index (χ4n) is 2.26. The van der Waals surface area contributed by atoms with Gasteiger partial charge in [0.1, 0.15) is 6.33 Å². The molecule has 1 aliphatic heterocycles. The van der Waals surface area contributed by atoms with Crippen molar-refractivity contribution in [3.63, 3.8) is 0 Å². The van der Waals surface area contributed by atoms with Crippen LogP contribution in [0.4, 0.5) is 5.69 Å². The molecule has 2 aromatic rings. The van der Waals surface area contributed by atoms with E-state index >= 15 is 0 Å². The van der Waals surface area contributed by atoms with Crippen molar-refractivity contribution in [2.24, 2.45) is 0 Å². The second-order valence-corrected chi connectivity index (χ2v) is 4.74. The van der Waals surface area contributed by atoms with E-state index in [1.807, 2.05) is 12.1 Å². The molecule has 0 fully saturated rings. The highest BCUT2D eigenvalue weighted by Crippen LogP contribution is 2.24. The summed E-state index contributed by atoms with van der Waals surface area (Å²) in [4.78, 5) is 21.9. The zero-order valence-corrected chi connectivity index (χ0v) is 10.6. The molecule has 1 aromatic carbocycles. The summed E-state index contributed by atoms with van der Waals surface area (Å²) in [5.74, 6) is -0.188. The molecule has 0 radical (unpaired) electrons. The van der Waals surface area contributed by atoms with Crippen molar-refractivity contribution in [3.05, 3.63) is 53.6 Å². The highest BCUT2D eigenvalue weighted by molar-refractivity contribution is 6.03. The molecule has 0 atom stereocenters. The zero-order chi connectivity index (χ0) is 13.2. The van der Waals surface area contributed by atoms with E-state index < -0.39 is 0 Å². The van der Waals surface area contributed by atoms with Crippen LogP contribution in [0.1, 0.15) is 21.5 Å². The van der Waals surface area contributed by atoms with Crippen LogP contribution in [0.2, 0.25) is 0 Å². The maximum Gasteiger partial charge on any atom is 0.258 e. The third-order valence-corrected chi connectivity index (χ3v) is 3.17. The maximum absolute atomic E-state index is 12.0. The molecule has 0 spiro atoms. The SMILES string of the molecule is CN1Cc2ccc(NC(=O)c3cncnc3)cc2C1. The molecule has 0 aliphatic carbocycles. The zero-order valence-electron chi connectivity index (χ0n) is 10.6. The second kappa shape index (κ2) is 4.78. The number of benzene rings is 1. The van der Waals surface area contributed by atoms with Gasteiger partial charge in [0, 0.05) is 31.2 Å². The summed E-state index contributed by atoms with van der Waals surface area (Å²) in [6.45, 7) is 1.89. The van der Waals surface area contributed by atoms with Gasteiger partial charge in [-0.25, -0.2) is 9.97 Å². The lowest BCUT2D eigenvalue weighted by Crippen LogP contribution is -2.12. The van der Waals surface area contributed by atoms with Crippen molar-refractivity contribution in [2.75, 3.05) is 12.4 Å². The Labute approximate surface area is 111 Å². The normalized spacial score (nSPS) is 14.2. The van der Waals surface area contributed by atoms with Gasteiger partial charge < -0.3 is 5.32 Å². The van der Waals surface area contributed by atoms with Gasteiger partial charge in [0.25, 0.3) is 5.91 Å². The third-order valence-electron chi connectivity index (χ3n) is 3.17. The van der Waals surface area contributed by atoms with Crippen LogP contribution in [0.15, 0.2) is 36.9 Å². The summed E-state index contributed by atoms with van der Waals surface area (Å²) in [5, 5.41) is 2.87. The van der Waals surface area contributed by atoms with E-state index in [2.05, 4.69) is 33.3 Å². The first-order valence-corrected chi connectivity index (χ1v) is 6.09. The number of anilines is 1. The molecule has 0 saturated carbocycles. The Morgan fingerprint density at radius 1 is 1.21 bits per heavy atom. The van der Waals surface area contributed by atoms with Crippen LogP contribution in [0.25, 0.3) is 0 Å². The Bertz CT molecular complexity index is 612. The summed E-state index contributed by atoms with van der Waals surface area (Å²) in [6, 6.07) is 6.02. The molecule has 0 bridgehead atoms. The highest BCUT2D eigenvalue weighted by Gasteiger charge is 2.16. The summed E-state index contributed by atoms with van der Waals surface area (Å²) >= 11 is 0. The number of amides is 1. The lowest BCUT2D eigenvalue weighted by Gasteiger charge is -2.06. The quantitative estimate of drug-likeness (QED) is 0.885. The van der Waals surface area contributed by atoms with Crippen LogP contribution < -0.4 is 5.32 Å². The molecule has 1 N–H and O–H groups in total. The van der Waals surface area contributed by atoms with Crippen molar-refractivity contribution >= 4 is 11.6 Å². The van der Waals surface area contributed by atoms with Crippen LogP contribution in [0, 0.1) is 0 Å². The minimum atomic E-state index is -0.188. The number of aromatic nitrogens is 2. The number of hydrogen-bond donors (Lipinski definition) is 1. The molecular weight excluding hydrogens is 240 g/mol. The third kappa shape index (κ3) is 2.46. The Morgan fingerprint density at radius 3 is 2.74 bits per heavy atom. The number of hydrogen-bond acceptors (Lipinski definition) is 4. The highest BCUT2D eigenvalue weighted by atomic mass is 16.1. The van der Waals surface area contributed by atoms with E-state index in [0.717, 1.165) is 18.8 Å². The Hall–Kier alpha value is -2.27. The molecule has 0 unspecified atom stereocenters. The minimum absolute atomic E-state index is 0.188. The second-order valence-electron chi connectivity index (χ2n) is 4.74. The Kier molecular flexibility index (Phi) is 2.97.